The SMILES string of the molecule is CCC(=O)N(Cc1cccc(F)c1)C[C@@H]1CC(c2cccc(F)c2)=NO1. The molecule has 0 N–H and O–H groups in total. The van der Waals surface area contributed by atoms with Gasteiger partial charge in [-0.3, -0.25) is 4.79 Å². The first kappa shape index (κ1) is 18.0. The third-order valence-corrected chi connectivity index (χ3v) is 4.23. The molecule has 2 aromatic rings. The lowest BCUT2D eigenvalue weighted by Crippen LogP contribution is -2.36. The van der Waals surface area contributed by atoms with Gasteiger partial charge in [0.05, 0.1) is 12.3 Å². The second-order valence-electron chi connectivity index (χ2n) is 6.24. The molecule has 1 amide bonds. The van der Waals surface area contributed by atoms with E-state index in [2.05, 4.69) is 5.16 Å². The lowest BCUT2D eigenvalue weighted by atomic mass is 10.0. The van der Waals surface area contributed by atoms with Crippen molar-refractivity contribution in [1.82, 2.24) is 4.90 Å². The zero-order valence-corrected chi connectivity index (χ0v) is 14.5. The van der Waals surface area contributed by atoms with E-state index in [-0.39, 0.29) is 23.6 Å². The normalized spacial score (nSPS) is 16.1. The summed E-state index contributed by atoms with van der Waals surface area (Å²) < 4.78 is 26.8. The summed E-state index contributed by atoms with van der Waals surface area (Å²) in [5.41, 5.74) is 2.05. The molecule has 6 heteroatoms. The quantitative estimate of drug-likeness (QED) is 0.786. The highest BCUT2D eigenvalue weighted by Crippen LogP contribution is 2.19. The standard InChI is InChI=1S/C20H20F2N2O2/c1-2-20(25)24(12-14-5-3-7-16(21)9-14)13-18-11-19(23-26-18)15-6-4-8-17(22)10-15/h3-10,18H,2,11-13H2,1H3/t18-/m0/s1. The molecule has 0 saturated carbocycles. The average Bonchev–Trinajstić information content (AvgIpc) is 3.09. The van der Waals surface area contributed by atoms with Gasteiger partial charge in [-0.05, 0) is 29.8 Å². The van der Waals surface area contributed by atoms with Gasteiger partial charge < -0.3 is 9.74 Å². The third-order valence-electron chi connectivity index (χ3n) is 4.23. The zero-order chi connectivity index (χ0) is 18.5. The molecule has 4 nitrogen and oxygen atoms in total. The van der Waals surface area contributed by atoms with Crippen LogP contribution in [0.25, 0.3) is 0 Å². The molecule has 1 aliphatic heterocycles. The van der Waals surface area contributed by atoms with Gasteiger partial charge >= 0.3 is 0 Å². The summed E-state index contributed by atoms with van der Waals surface area (Å²) in [5.74, 6) is -0.708. The average molecular weight is 358 g/mol. The molecule has 0 aliphatic carbocycles. The third kappa shape index (κ3) is 4.45. The molecule has 0 aromatic heterocycles. The van der Waals surface area contributed by atoms with Gasteiger partial charge in [0.15, 0.2) is 6.10 Å². The van der Waals surface area contributed by atoms with Crippen molar-refractivity contribution in [3.63, 3.8) is 0 Å². The summed E-state index contributed by atoms with van der Waals surface area (Å²) in [6.45, 7) is 2.43. The Morgan fingerprint density at radius 3 is 2.62 bits per heavy atom. The monoisotopic (exact) mass is 358 g/mol. The summed E-state index contributed by atoms with van der Waals surface area (Å²) in [6, 6.07) is 12.4. The Balaban J connectivity index is 1.66. The maximum atomic E-state index is 13.4. The van der Waals surface area contributed by atoms with Gasteiger partial charge in [0.1, 0.15) is 11.6 Å². The lowest BCUT2D eigenvalue weighted by Gasteiger charge is -2.24. The highest BCUT2D eigenvalue weighted by Gasteiger charge is 2.26. The van der Waals surface area contributed by atoms with E-state index in [1.165, 1.54) is 24.3 Å². The van der Waals surface area contributed by atoms with Crippen molar-refractivity contribution in [1.29, 1.82) is 0 Å². The van der Waals surface area contributed by atoms with Crippen molar-refractivity contribution < 1.29 is 18.4 Å². The molecular weight excluding hydrogens is 338 g/mol. The number of halogens is 2. The molecule has 1 aliphatic rings. The van der Waals surface area contributed by atoms with E-state index in [9.17, 15) is 13.6 Å². The maximum absolute atomic E-state index is 13.4. The van der Waals surface area contributed by atoms with Crippen molar-refractivity contribution in [2.75, 3.05) is 6.54 Å². The Morgan fingerprint density at radius 2 is 1.92 bits per heavy atom. The number of carbonyl (C=O) groups is 1. The number of carbonyl (C=O) groups excluding carboxylic acids is 1. The minimum atomic E-state index is -0.333. The number of hydrogen-bond acceptors (Lipinski definition) is 3. The molecule has 0 bridgehead atoms. The Hall–Kier alpha value is -2.76. The van der Waals surface area contributed by atoms with Crippen LogP contribution in [0.5, 0.6) is 0 Å². The van der Waals surface area contributed by atoms with Crippen molar-refractivity contribution in [2.45, 2.75) is 32.4 Å². The predicted molar refractivity (Wildman–Crippen MR) is 94.5 cm³/mol. The Bertz CT molecular complexity index is 823. The van der Waals surface area contributed by atoms with E-state index < -0.39 is 0 Å². The summed E-state index contributed by atoms with van der Waals surface area (Å²) in [4.78, 5) is 19.4. The molecule has 136 valence electrons. The fraction of sp³-hybridized carbons (Fsp3) is 0.300. The molecular formula is C20H20F2N2O2. The Morgan fingerprint density at radius 1 is 1.19 bits per heavy atom. The van der Waals surface area contributed by atoms with Gasteiger partial charge in [0, 0.05) is 24.9 Å². The topological polar surface area (TPSA) is 41.9 Å². The molecule has 0 unspecified atom stereocenters. The number of benzene rings is 2. The van der Waals surface area contributed by atoms with E-state index in [4.69, 9.17) is 4.84 Å². The van der Waals surface area contributed by atoms with Crippen LogP contribution >= 0.6 is 0 Å². The van der Waals surface area contributed by atoms with E-state index in [0.717, 1.165) is 5.56 Å². The van der Waals surface area contributed by atoms with E-state index in [1.807, 2.05) is 0 Å². The van der Waals surface area contributed by atoms with Gasteiger partial charge in [-0.25, -0.2) is 8.78 Å². The van der Waals surface area contributed by atoms with Crippen LogP contribution in [0.2, 0.25) is 0 Å². The molecule has 0 saturated heterocycles. The molecule has 3 rings (SSSR count). The fourth-order valence-corrected chi connectivity index (χ4v) is 2.94. The smallest absolute Gasteiger partial charge is 0.222 e. The molecule has 0 fully saturated rings. The van der Waals surface area contributed by atoms with Crippen molar-refractivity contribution in [3.05, 3.63) is 71.3 Å². The number of rotatable bonds is 6. The summed E-state index contributed by atoms with van der Waals surface area (Å²) in [7, 11) is 0. The second-order valence-corrected chi connectivity index (χ2v) is 6.24. The van der Waals surface area contributed by atoms with Crippen LogP contribution in [-0.4, -0.2) is 29.2 Å². The van der Waals surface area contributed by atoms with Crippen LogP contribution in [0.3, 0.4) is 0 Å². The molecule has 2 aromatic carbocycles. The van der Waals surface area contributed by atoms with Crippen LogP contribution in [0.4, 0.5) is 8.78 Å². The number of nitrogens with zero attached hydrogens (tertiary/aromatic N) is 2. The fourth-order valence-electron chi connectivity index (χ4n) is 2.94. The van der Waals surface area contributed by atoms with Gasteiger partial charge in [-0.1, -0.05) is 36.3 Å². The van der Waals surface area contributed by atoms with Crippen LogP contribution < -0.4 is 0 Å². The van der Waals surface area contributed by atoms with Crippen molar-refractivity contribution in [3.8, 4) is 0 Å². The van der Waals surface area contributed by atoms with Crippen LogP contribution in [0.1, 0.15) is 30.9 Å². The Labute approximate surface area is 151 Å². The molecule has 0 spiro atoms. The van der Waals surface area contributed by atoms with E-state index in [1.54, 1.807) is 36.1 Å². The first-order chi connectivity index (χ1) is 12.5. The molecule has 1 heterocycles. The zero-order valence-electron chi connectivity index (χ0n) is 14.5. The van der Waals surface area contributed by atoms with E-state index in [0.29, 0.717) is 37.2 Å². The summed E-state index contributed by atoms with van der Waals surface area (Å²) >= 11 is 0. The van der Waals surface area contributed by atoms with Crippen molar-refractivity contribution >= 4 is 11.6 Å². The second kappa shape index (κ2) is 8.08. The highest BCUT2D eigenvalue weighted by molar-refractivity contribution is 6.01. The largest absolute Gasteiger partial charge is 0.390 e. The van der Waals surface area contributed by atoms with Crippen molar-refractivity contribution in [2.24, 2.45) is 5.16 Å². The van der Waals surface area contributed by atoms with Crippen LogP contribution in [0, 0.1) is 11.6 Å². The first-order valence-corrected chi connectivity index (χ1v) is 8.56. The van der Waals surface area contributed by atoms with Gasteiger partial charge in [-0.2, -0.15) is 0 Å². The summed E-state index contributed by atoms with van der Waals surface area (Å²) in [5, 5.41) is 4.04. The highest BCUT2D eigenvalue weighted by atomic mass is 19.1. The Kier molecular flexibility index (Phi) is 5.61. The number of hydrogen-bond donors (Lipinski definition) is 0. The van der Waals surface area contributed by atoms with Gasteiger partial charge in [-0.15, -0.1) is 0 Å². The predicted octanol–water partition coefficient (Wildman–Crippen LogP) is 3.90. The summed E-state index contributed by atoms with van der Waals surface area (Å²) in [6.07, 6.45) is 0.525. The minimum Gasteiger partial charge on any atom is -0.390 e. The maximum Gasteiger partial charge on any atom is 0.222 e. The van der Waals surface area contributed by atoms with Gasteiger partial charge in [0.25, 0.3) is 0 Å². The van der Waals surface area contributed by atoms with E-state index >= 15 is 0 Å². The number of oxime groups is 1. The molecule has 1 atom stereocenters. The number of amides is 1. The van der Waals surface area contributed by atoms with Crippen LogP contribution in [-0.2, 0) is 16.2 Å². The first-order valence-electron chi connectivity index (χ1n) is 8.56. The molecule has 0 radical (unpaired) electrons. The van der Waals surface area contributed by atoms with Gasteiger partial charge in [0.2, 0.25) is 5.91 Å². The molecule has 26 heavy (non-hydrogen) atoms. The van der Waals surface area contributed by atoms with Crippen LogP contribution in [0.15, 0.2) is 53.7 Å². The lowest BCUT2D eigenvalue weighted by molar-refractivity contribution is -0.133. The minimum absolute atomic E-state index is 0.0444.